The molecular formula is C33H34N4O3. The zero-order valence-corrected chi connectivity index (χ0v) is 22.8. The molecule has 40 heavy (non-hydrogen) atoms. The molecule has 2 heterocycles. The molecule has 0 unspecified atom stereocenters. The van der Waals surface area contributed by atoms with E-state index in [1.165, 1.54) is 0 Å². The van der Waals surface area contributed by atoms with Crippen molar-refractivity contribution in [2.45, 2.75) is 12.8 Å². The van der Waals surface area contributed by atoms with Crippen molar-refractivity contribution in [2.75, 3.05) is 61.5 Å². The number of ether oxygens (including phenoxy) is 1. The van der Waals surface area contributed by atoms with E-state index in [1.54, 1.807) is 7.11 Å². The maximum Gasteiger partial charge on any atom is 0.256 e. The first kappa shape index (κ1) is 25.7. The van der Waals surface area contributed by atoms with E-state index in [0.29, 0.717) is 16.8 Å². The Hall–Kier alpha value is -4.52. The molecule has 2 saturated heterocycles. The van der Waals surface area contributed by atoms with E-state index in [2.05, 4.69) is 21.2 Å². The Balaban J connectivity index is 1.24. The van der Waals surface area contributed by atoms with E-state index in [0.717, 1.165) is 80.0 Å². The Morgan fingerprint density at radius 3 is 2.12 bits per heavy atom. The summed E-state index contributed by atoms with van der Waals surface area (Å²) in [5.41, 5.74) is 3.86. The van der Waals surface area contributed by atoms with E-state index in [4.69, 9.17) is 4.74 Å². The van der Waals surface area contributed by atoms with Crippen molar-refractivity contribution >= 4 is 39.6 Å². The van der Waals surface area contributed by atoms with Crippen LogP contribution >= 0.6 is 0 Å². The van der Waals surface area contributed by atoms with Gasteiger partial charge in [0, 0.05) is 56.2 Å². The van der Waals surface area contributed by atoms with Crippen LogP contribution < -0.4 is 19.9 Å². The third-order valence-corrected chi connectivity index (χ3v) is 7.94. The molecule has 204 valence electrons. The summed E-state index contributed by atoms with van der Waals surface area (Å²) in [6.07, 6.45) is 2.05. The van der Waals surface area contributed by atoms with Crippen LogP contribution in [-0.2, 0) is 0 Å². The maximum atomic E-state index is 13.7. The van der Waals surface area contributed by atoms with Gasteiger partial charge in [-0.1, -0.05) is 42.5 Å². The van der Waals surface area contributed by atoms with Crippen LogP contribution in [0.25, 0.3) is 10.8 Å². The zero-order chi connectivity index (χ0) is 27.5. The minimum Gasteiger partial charge on any atom is -0.495 e. The topological polar surface area (TPSA) is 65.1 Å². The third kappa shape index (κ3) is 5.19. The molecule has 0 aromatic heterocycles. The van der Waals surface area contributed by atoms with Crippen molar-refractivity contribution in [3.63, 3.8) is 0 Å². The molecule has 6 rings (SSSR count). The number of likely N-dealkylation sites (tertiary alicyclic amines) is 1. The molecule has 4 aromatic carbocycles. The fourth-order valence-electron chi connectivity index (χ4n) is 5.76. The SMILES string of the molecule is COc1ccccc1N1CCN(c2ccc(NC(=O)c3ccc4ccccc4c3)cc2C(=O)N2CCCC2)CC1. The first-order valence-corrected chi connectivity index (χ1v) is 14.0. The number of carbonyl (C=O) groups excluding carboxylic acids is 2. The molecule has 0 radical (unpaired) electrons. The summed E-state index contributed by atoms with van der Waals surface area (Å²) in [6, 6.07) is 27.5. The number of methoxy groups -OCH3 is 1. The lowest BCUT2D eigenvalue weighted by molar-refractivity contribution is 0.0793. The molecule has 0 spiro atoms. The number of rotatable bonds is 6. The van der Waals surface area contributed by atoms with Gasteiger partial charge in [-0.25, -0.2) is 0 Å². The van der Waals surface area contributed by atoms with E-state index < -0.39 is 0 Å². The van der Waals surface area contributed by atoms with Crippen molar-refractivity contribution in [1.29, 1.82) is 0 Å². The molecule has 0 bridgehead atoms. The van der Waals surface area contributed by atoms with Gasteiger partial charge >= 0.3 is 0 Å². The summed E-state index contributed by atoms with van der Waals surface area (Å²) < 4.78 is 5.58. The monoisotopic (exact) mass is 534 g/mol. The summed E-state index contributed by atoms with van der Waals surface area (Å²) in [4.78, 5) is 33.4. The van der Waals surface area contributed by atoms with E-state index in [1.807, 2.05) is 83.8 Å². The molecule has 0 aliphatic carbocycles. The van der Waals surface area contributed by atoms with E-state index in [-0.39, 0.29) is 11.8 Å². The summed E-state index contributed by atoms with van der Waals surface area (Å²) >= 11 is 0. The van der Waals surface area contributed by atoms with Crippen LogP contribution in [0.15, 0.2) is 84.9 Å². The fourth-order valence-corrected chi connectivity index (χ4v) is 5.76. The largest absolute Gasteiger partial charge is 0.495 e. The minimum absolute atomic E-state index is 0.0291. The molecule has 0 saturated carbocycles. The Labute approximate surface area is 234 Å². The first-order valence-electron chi connectivity index (χ1n) is 14.0. The predicted octanol–water partition coefficient (Wildman–Crippen LogP) is 5.66. The van der Waals surface area contributed by atoms with Gasteiger partial charge in [0.15, 0.2) is 0 Å². The van der Waals surface area contributed by atoms with Crippen molar-refractivity contribution in [1.82, 2.24) is 4.90 Å². The molecule has 2 amide bonds. The molecule has 2 fully saturated rings. The Morgan fingerprint density at radius 1 is 0.700 bits per heavy atom. The first-order chi connectivity index (χ1) is 19.6. The molecule has 7 heteroatoms. The van der Waals surface area contributed by atoms with Crippen LogP contribution in [0.3, 0.4) is 0 Å². The van der Waals surface area contributed by atoms with Gasteiger partial charge in [0.1, 0.15) is 5.75 Å². The van der Waals surface area contributed by atoms with Gasteiger partial charge in [-0.2, -0.15) is 0 Å². The van der Waals surface area contributed by atoms with E-state index in [9.17, 15) is 9.59 Å². The number of amides is 2. The van der Waals surface area contributed by atoms with Gasteiger partial charge in [0.2, 0.25) is 0 Å². The second-order valence-electron chi connectivity index (χ2n) is 10.4. The highest BCUT2D eigenvalue weighted by molar-refractivity contribution is 6.08. The smallest absolute Gasteiger partial charge is 0.256 e. The van der Waals surface area contributed by atoms with Gasteiger partial charge in [0.05, 0.1) is 18.4 Å². The van der Waals surface area contributed by atoms with Gasteiger partial charge < -0.3 is 24.8 Å². The van der Waals surface area contributed by atoms with Gasteiger partial charge in [-0.3, -0.25) is 9.59 Å². The third-order valence-electron chi connectivity index (χ3n) is 7.94. The number of piperazine rings is 1. The Kier molecular flexibility index (Phi) is 7.27. The number of hydrogen-bond donors (Lipinski definition) is 1. The van der Waals surface area contributed by atoms with Gasteiger partial charge in [-0.05, 0) is 66.1 Å². The van der Waals surface area contributed by atoms with Crippen molar-refractivity contribution in [3.05, 3.63) is 96.1 Å². The quantitative estimate of drug-likeness (QED) is 0.346. The van der Waals surface area contributed by atoms with Crippen LogP contribution in [0.5, 0.6) is 5.75 Å². The van der Waals surface area contributed by atoms with Crippen LogP contribution in [-0.4, -0.2) is 63.1 Å². The molecule has 1 N–H and O–H groups in total. The predicted molar refractivity (Wildman–Crippen MR) is 161 cm³/mol. The second-order valence-corrected chi connectivity index (χ2v) is 10.4. The number of para-hydroxylation sites is 2. The molecular weight excluding hydrogens is 500 g/mol. The second kappa shape index (κ2) is 11.3. The number of fused-ring (bicyclic) bond motifs is 1. The molecule has 2 aliphatic rings. The molecule has 7 nitrogen and oxygen atoms in total. The minimum atomic E-state index is -0.191. The lowest BCUT2D eigenvalue weighted by Crippen LogP contribution is -2.47. The van der Waals surface area contributed by atoms with Crippen molar-refractivity contribution in [3.8, 4) is 5.75 Å². The van der Waals surface area contributed by atoms with Gasteiger partial charge in [-0.15, -0.1) is 0 Å². The highest BCUT2D eigenvalue weighted by atomic mass is 16.5. The summed E-state index contributed by atoms with van der Waals surface area (Å²) in [5.74, 6) is 0.706. The highest BCUT2D eigenvalue weighted by Gasteiger charge is 2.27. The highest BCUT2D eigenvalue weighted by Crippen LogP contribution is 2.32. The molecule has 0 atom stereocenters. The fraction of sp³-hybridized carbons (Fsp3) is 0.273. The van der Waals surface area contributed by atoms with Crippen LogP contribution in [0, 0.1) is 0 Å². The standard InChI is InChI=1S/C33H34N4O3/c1-40-31-11-5-4-10-30(31)36-20-18-35(19-21-36)29-15-14-27(23-28(29)33(39)37-16-6-7-17-37)34-32(38)26-13-12-24-8-2-3-9-25(24)22-26/h2-5,8-15,22-23H,6-7,16-21H2,1H3,(H,34,38). The van der Waals surface area contributed by atoms with Gasteiger partial charge in [0.25, 0.3) is 11.8 Å². The average Bonchev–Trinajstić information content (AvgIpc) is 3.56. The number of anilines is 3. The van der Waals surface area contributed by atoms with Crippen molar-refractivity contribution < 1.29 is 14.3 Å². The van der Waals surface area contributed by atoms with Crippen LogP contribution in [0.2, 0.25) is 0 Å². The van der Waals surface area contributed by atoms with E-state index >= 15 is 0 Å². The number of nitrogens with one attached hydrogen (secondary N) is 1. The summed E-state index contributed by atoms with van der Waals surface area (Å²) in [5, 5.41) is 5.14. The Bertz CT molecular complexity index is 1540. The number of benzene rings is 4. The Morgan fingerprint density at radius 2 is 1.38 bits per heavy atom. The average molecular weight is 535 g/mol. The zero-order valence-electron chi connectivity index (χ0n) is 22.8. The lowest BCUT2D eigenvalue weighted by atomic mass is 10.1. The number of hydrogen-bond acceptors (Lipinski definition) is 5. The molecule has 4 aromatic rings. The van der Waals surface area contributed by atoms with Crippen molar-refractivity contribution in [2.24, 2.45) is 0 Å². The molecule has 2 aliphatic heterocycles. The normalized spacial score (nSPS) is 15.4. The summed E-state index contributed by atoms with van der Waals surface area (Å²) in [7, 11) is 1.70. The van der Waals surface area contributed by atoms with Crippen LogP contribution in [0.4, 0.5) is 17.1 Å². The van der Waals surface area contributed by atoms with Crippen LogP contribution in [0.1, 0.15) is 33.6 Å². The lowest BCUT2D eigenvalue weighted by Gasteiger charge is -2.38. The number of nitrogens with zero attached hydrogens (tertiary/aromatic N) is 3. The number of carbonyl (C=O) groups is 2. The summed E-state index contributed by atoms with van der Waals surface area (Å²) in [6.45, 7) is 4.74. The maximum absolute atomic E-state index is 13.7.